The molecule has 2 heterocycles. The molecule has 0 amide bonds. The molecule has 0 atom stereocenters. The largest absolute Gasteiger partial charge is 0.436 e. The standard InChI is InChI=1S/C44H32N2O2/c1-43(2)32-12-6-5-11-31(32)39-33(43)20-19-30-29-18-17-25(24-34(29)44(3,4)40(30)39)26-21-27(41-45-35-13-7-9-15-37(35)47-41)23-28(22-26)42-46-36-14-8-10-16-38(36)48-42/h5-24H,1-4H3. The number of hydrogen-bond donors (Lipinski definition) is 0. The summed E-state index contributed by atoms with van der Waals surface area (Å²) in [4.78, 5) is 9.70. The quantitative estimate of drug-likeness (QED) is 0.197. The number of oxazole rings is 2. The maximum atomic E-state index is 6.27. The van der Waals surface area contributed by atoms with Gasteiger partial charge in [-0.25, -0.2) is 9.97 Å². The molecule has 0 spiro atoms. The summed E-state index contributed by atoms with van der Waals surface area (Å²) in [6, 6.07) is 42.8. The normalized spacial score (nSPS) is 15.0. The summed E-state index contributed by atoms with van der Waals surface area (Å²) < 4.78 is 12.5. The zero-order valence-electron chi connectivity index (χ0n) is 27.3. The van der Waals surface area contributed by atoms with Crippen LogP contribution in [0.4, 0.5) is 0 Å². The molecule has 0 bridgehead atoms. The van der Waals surface area contributed by atoms with Crippen LogP contribution in [0, 0.1) is 0 Å². The van der Waals surface area contributed by atoms with Crippen molar-refractivity contribution in [3.63, 3.8) is 0 Å². The molecule has 0 unspecified atom stereocenters. The van der Waals surface area contributed by atoms with Crippen LogP contribution >= 0.6 is 0 Å². The molecule has 0 aliphatic heterocycles. The molecular weight excluding hydrogens is 588 g/mol. The molecule has 8 aromatic rings. The van der Waals surface area contributed by atoms with E-state index in [0.717, 1.165) is 44.5 Å². The lowest BCUT2D eigenvalue weighted by Gasteiger charge is -2.26. The van der Waals surface area contributed by atoms with Crippen molar-refractivity contribution in [2.24, 2.45) is 0 Å². The Hall–Kier alpha value is -5.74. The van der Waals surface area contributed by atoms with Gasteiger partial charge < -0.3 is 8.83 Å². The third-order valence-corrected chi connectivity index (χ3v) is 10.7. The van der Waals surface area contributed by atoms with Crippen LogP contribution in [0.1, 0.15) is 49.9 Å². The minimum absolute atomic E-state index is 0.0385. The molecule has 0 radical (unpaired) electrons. The van der Waals surface area contributed by atoms with Gasteiger partial charge in [-0.05, 0) is 104 Å². The van der Waals surface area contributed by atoms with Gasteiger partial charge >= 0.3 is 0 Å². The Labute approximate surface area is 278 Å². The number of fused-ring (bicyclic) bond motifs is 9. The second-order valence-corrected chi connectivity index (χ2v) is 14.2. The summed E-state index contributed by atoms with van der Waals surface area (Å²) >= 11 is 0. The fraction of sp³-hybridized carbons (Fsp3) is 0.136. The van der Waals surface area contributed by atoms with Gasteiger partial charge in [-0.3, -0.25) is 0 Å². The number of rotatable bonds is 3. The molecule has 0 N–H and O–H groups in total. The van der Waals surface area contributed by atoms with Crippen LogP contribution in [0.5, 0.6) is 0 Å². The van der Waals surface area contributed by atoms with E-state index >= 15 is 0 Å². The Morgan fingerprint density at radius 3 is 1.69 bits per heavy atom. The molecule has 10 rings (SSSR count). The molecule has 0 saturated heterocycles. The first kappa shape index (κ1) is 27.4. The van der Waals surface area contributed by atoms with Crippen LogP contribution in [0.25, 0.3) is 78.5 Å². The summed E-state index contributed by atoms with van der Waals surface area (Å²) in [6.45, 7) is 9.48. The minimum Gasteiger partial charge on any atom is -0.436 e. The van der Waals surface area contributed by atoms with E-state index in [1.54, 1.807) is 0 Å². The highest BCUT2D eigenvalue weighted by Gasteiger charge is 2.44. The van der Waals surface area contributed by atoms with Crippen LogP contribution in [-0.4, -0.2) is 9.97 Å². The topological polar surface area (TPSA) is 52.1 Å². The lowest BCUT2D eigenvalue weighted by atomic mass is 9.77. The summed E-state index contributed by atoms with van der Waals surface area (Å²) in [5, 5.41) is 0. The van der Waals surface area contributed by atoms with Gasteiger partial charge in [-0.1, -0.05) is 100 Å². The van der Waals surface area contributed by atoms with E-state index in [0.29, 0.717) is 11.8 Å². The monoisotopic (exact) mass is 620 g/mol. The van der Waals surface area contributed by atoms with Gasteiger partial charge in [0.15, 0.2) is 11.2 Å². The average Bonchev–Trinajstić information content (AvgIpc) is 3.85. The number of aromatic nitrogens is 2. The SMILES string of the molecule is CC1(C)c2ccccc2-c2c1ccc1c2C(C)(C)c2cc(-c3cc(-c4nc5ccccc5o4)cc(-c4nc5ccccc5o4)c3)ccc2-1. The van der Waals surface area contributed by atoms with E-state index in [2.05, 4.69) is 100 Å². The van der Waals surface area contributed by atoms with E-state index in [1.807, 2.05) is 48.5 Å². The molecule has 2 aromatic heterocycles. The molecule has 2 aliphatic carbocycles. The molecule has 4 nitrogen and oxygen atoms in total. The van der Waals surface area contributed by atoms with E-state index in [4.69, 9.17) is 18.8 Å². The highest BCUT2D eigenvalue weighted by atomic mass is 16.4. The molecule has 48 heavy (non-hydrogen) atoms. The average molecular weight is 621 g/mol. The maximum absolute atomic E-state index is 6.27. The van der Waals surface area contributed by atoms with Gasteiger partial charge in [-0.2, -0.15) is 0 Å². The van der Waals surface area contributed by atoms with Gasteiger partial charge in [0.25, 0.3) is 0 Å². The van der Waals surface area contributed by atoms with E-state index < -0.39 is 0 Å². The molecule has 0 saturated carbocycles. The summed E-state index contributed by atoms with van der Waals surface area (Å²) in [5.41, 5.74) is 17.9. The third-order valence-electron chi connectivity index (χ3n) is 10.7. The summed E-state index contributed by atoms with van der Waals surface area (Å²) in [6.07, 6.45) is 0. The number of para-hydroxylation sites is 4. The molecular formula is C44H32N2O2. The van der Waals surface area contributed by atoms with Gasteiger partial charge in [-0.15, -0.1) is 0 Å². The first-order valence-electron chi connectivity index (χ1n) is 16.6. The maximum Gasteiger partial charge on any atom is 0.227 e. The van der Waals surface area contributed by atoms with Crippen LogP contribution in [0.15, 0.2) is 130 Å². The third kappa shape index (κ3) is 3.71. The minimum atomic E-state index is -0.194. The number of nitrogens with zero attached hydrogens (tertiary/aromatic N) is 2. The second kappa shape index (κ2) is 9.42. The van der Waals surface area contributed by atoms with Crippen LogP contribution < -0.4 is 0 Å². The van der Waals surface area contributed by atoms with Crippen LogP contribution in [0.2, 0.25) is 0 Å². The molecule has 0 fully saturated rings. The Morgan fingerprint density at radius 2 is 1.02 bits per heavy atom. The smallest absolute Gasteiger partial charge is 0.227 e. The summed E-state index contributed by atoms with van der Waals surface area (Å²) in [7, 11) is 0. The number of benzene rings is 6. The van der Waals surface area contributed by atoms with Crippen LogP contribution in [-0.2, 0) is 10.8 Å². The van der Waals surface area contributed by atoms with Crippen LogP contribution in [0.3, 0.4) is 0 Å². The van der Waals surface area contributed by atoms with E-state index in [1.165, 1.54) is 44.5 Å². The van der Waals surface area contributed by atoms with Gasteiger partial charge in [0.2, 0.25) is 11.8 Å². The fourth-order valence-electron chi connectivity index (χ4n) is 8.31. The van der Waals surface area contributed by atoms with Gasteiger partial charge in [0, 0.05) is 22.0 Å². The predicted octanol–water partition coefficient (Wildman–Crippen LogP) is 11.6. The zero-order chi connectivity index (χ0) is 32.4. The Bertz CT molecular complexity index is 2480. The lowest BCUT2D eigenvalue weighted by molar-refractivity contribution is 0.617. The van der Waals surface area contributed by atoms with Crippen molar-refractivity contribution in [1.82, 2.24) is 9.97 Å². The Kier molecular flexibility index (Phi) is 5.37. The Morgan fingerprint density at radius 1 is 0.438 bits per heavy atom. The van der Waals surface area contributed by atoms with Crippen molar-refractivity contribution in [2.75, 3.05) is 0 Å². The van der Waals surface area contributed by atoms with Crippen molar-refractivity contribution in [3.8, 4) is 56.3 Å². The predicted molar refractivity (Wildman–Crippen MR) is 193 cm³/mol. The highest BCUT2D eigenvalue weighted by Crippen LogP contribution is 2.59. The molecule has 6 aromatic carbocycles. The van der Waals surface area contributed by atoms with Crippen molar-refractivity contribution in [1.29, 1.82) is 0 Å². The van der Waals surface area contributed by atoms with Gasteiger partial charge in [0.1, 0.15) is 11.0 Å². The first-order valence-corrected chi connectivity index (χ1v) is 16.6. The second-order valence-electron chi connectivity index (χ2n) is 14.2. The highest BCUT2D eigenvalue weighted by molar-refractivity contribution is 5.95. The van der Waals surface area contributed by atoms with Crippen molar-refractivity contribution in [2.45, 2.75) is 38.5 Å². The molecule has 2 aliphatic rings. The van der Waals surface area contributed by atoms with Crippen molar-refractivity contribution in [3.05, 3.63) is 144 Å². The number of hydrogen-bond acceptors (Lipinski definition) is 4. The van der Waals surface area contributed by atoms with Crippen molar-refractivity contribution < 1.29 is 8.83 Å². The first-order chi connectivity index (χ1) is 23.3. The lowest BCUT2D eigenvalue weighted by Crippen LogP contribution is -2.18. The Balaban J connectivity index is 1.16. The van der Waals surface area contributed by atoms with E-state index in [-0.39, 0.29) is 10.8 Å². The van der Waals surface area contributed by atoms with E-state index in [9.17, 15) is 0 Å². The van der Waals surface area contributed by atoms with Gasteiger partial charge in [0.05, 0.1) is 0 Å². The van der Waals surface area contributed by atoms with Crippen molar-refractivity contribution >= 4 is 22.2 Å². The molecule has 4 heteroatoms. The molecule has 230 valence electrons. The zero-order valence-corrected chi connectivity index (χ0v) is 27.3. The fourth-order valence-corrected chi connectivity index (χ4v) is 8.31. The summed E-state index contributed by atoms with van der Waals surface area (Å²) in [5.74, 6) is 1.14.